The fraction of sp³-hybridized carbons (Fsp3) is 0.0667. The molecule has 5 heteroatoms. The summed E-state index contributed by atoms with van der Waals surface area (Å²) >= 11 is 0. The number of rotatable bonds is 1. The molecule has 2 N–H and O–H groups in total. The molecular formula is C15H10O5. The highest BCUT2D eigenvalue weighted by Gasteiger charge is 2.17. The van der Waals surface area contributed by atoms with Gasteiger partial charge in [0.1, 0.15) is 11.3 Å². The zero-order valence-electron chi connectivity index (χ0n) is 10.5. The van der Waals surface area contributed by atoms with Gasteiger partial charge in [0.15, 0.2) is 0 Å². The number of fused-ring (bicyclic) bond motifs is 3. The average Bonchev–Trinajstić information content (AvgIpc) is 2.37. The maximum Gasteiger partial charge on any atom is 0.344 e. The van der Waals surface area contributed by atoms with Gasteiger partial charge in [0.25, 0.3) is 0 Å². The normalized spacial score (nSPS) is 11.1. The van der Waals surface area contributed by atoms with E-state index in [1.165, 1.54) is 6.07 Å². The maximum atomic E-state index is 12.0. The van der Waals surface area contributed by atoms with Crippen molar-refractivity contribution in [2.75, 3.05) is 0 Å². The zero-order chi connectivity index (χ0) is 14.4. The summed E-state index contributed by atoms with van der Waals surface area (Å²) in [5, 5.41) is 20.0. The Hall–Kier alpha value is -2.82. The van der Waals surface area contributed by atoms with Crippen LogP contribution in [-0.4, -0.2) is 16.2 Å². The molecule has 3 aromatic rings. The van der Waals surface area contributed by atoms with Crippen molar-refractivity contribution >= 4 is 27.7 Å². The smallest absolute Gasteiger partial charge is 0.344 e. The molecular weight excluding hydrogens is 260 g/mol. The molecule has 0 amide bonds. The second-order valence-electron chi connectivity index (χ2n) is 4.56. The Bertz CT molecular complexity index is 921. The highest BCUT2D eigenvalue weighted by atomic mass is 16.4. The van der Waals surface area contributed by atoms with Gasteiger partial charge in [-0.3, -0.25) is 0 Å². The van der Waals surface area contributed by atoms with Gasteiger partial charge < -0.3 is 14.6 Å². The zero-order valence-corrected chi connectivity index (χ0v) is 10.5. The van der Waals surface area contributed by atoms with Crippen molar-refractivity contribution in [1.82, 2.24) is 0 Å². The van der Waals surface area contributed by atoms with Crippen molar-refractivity contribution in [2.45, 2.75) is 6.92 Å². The Balaban J connectivity index is 2.69. The molecule has 100 valence electrons. The average molecular weight is 270 g/mol. The number of phenols is 1. The van der Waals surface area contributed by atoms with Crippen LogP contribution in [0.15, 0.2) is 39.5 Å². The van der Waals surface area contributed by atoms with Gasteiger partial charge in [0.2, 0.25) is 0 Å². The Morgan fingerprint density at radius 1 is 1.20 bits per heavy atom. The summed E-state index contributed by atoms with van der Waals surface area (Å²) in [6, 6.07) is 7.56. The summed E-state index contributed by atoms with van der Waals surface area (Å²) in [5.74, 6) is -1.45. The first kappa shape index (κ1) is 12.2. The topological polar surface area (TPSA) is 87.7 Å². The van der Waals surface area contributed by atoms with Gasteiger partial charge in [-0.1, -0.05) is 18.2 Å². The van der Waals surface area contributed by atoms with E-state index < -0.39 is 11.6 Å². The molecule has 0 unspecified atom stereocenters. The standard InChI is InChI=1S/C15H10O5/c1-7-3-2-4-9-12(7)15(19)20-11-6-8(16)5-10(13(9)11)14(17)18/h2-6,16H,1H3,(H,17,18). The Morgan fingerprint density at radius 2 is 1.95 bits per heavy atom. The molecule has 0 saturated carbocycles. The molecule has 0 atom stereocenters. The largest absolute Gasteiger partial charge is 0.508 e. The molecule has 2 aromatic carbocycles. The first-order valence-corrected chi connectivity index (χ1v) is 5.91. The van der Waals surface area contributed by atoms with E-state index in [1.807, 2.05) is 0 Å². The first-order valence-electron chi connectivity index (χ1n) is 5.91. The molecule has 0 aliphatic rings. The molecule has 1 aromatic heterocycles. The summed E-state index contributed by atoms with van der Waals surface area (Å²) in [6.45, 7) is 1.76. The highest BCUT2D eigenvalue weighted by molar-refractivity contribution is 6.15. The van der Waals surface area contributed by atoms with Crippen LogP contribution in [-0.2, 0) is 0 Å². The van der Waals surface area contributed by atoms with Crippen LogP contribution in [0.25, 0.3) is 21.7 Å². The molecule has 0 saturated heterocycles. The molecule has 0 aliphatic heterocycles. The lowest BCUT2D eigenvalue weighted by molar-refractivity contribution is 0.0698. The Labute approximate surface area is 112 Å². The number of carbonyl (C=O) groups is 1. The van der Waals surface area contributed by atoms with Gasteiger partial charge in [-0.15, -0.1) is 0 Å². The second-order valence-corrected chi connectivity index (χ2v) is 4.56. The van der Waals surface area contributed by atoms with Gasteiger partial charge in [0.05, 0.1) is 10.9 Å². The summed E-state index contributed by atoms with van der Waals surface area (Å²) in [6.07, 6.45) is 0. The van der Waals surface area contributed by atoms with Crippen LogP contribution in [0, 0.1) is 6.92 Å². The SMILES string of the molecule is Cc1cccc2c1c(=O)oc1cc(O)cc(C(=O)O)c12. The van der Waals surface area contributed by atoms with E-state index in [0.29, 0.717) is 21.7 Å². The highest BCUT2D eigenvalue weighted by Crippen LogP contribution is 2.30. The number of phenolic OH excluding ortho intramolecular Hbond substituents is 1. The van der Waals surface area contributed by atoms with Crippen LogP contribution >= 0.6 is 0 Å². The number of aryl methyl sites for hydroxylation is 1. The quantitative estimate of drug-likeness (QED) is 0.524. The summed E-state index contributed by atoms with van der Waals surface area (Å²) in [5.41, 5.74) is 0.125. The predicted molar refractivity (Wildman–Crippen MR) is 73.4 cm³/mol. The van der Waals surface area contributed by atoms with Crippen LogP contribution in [0.1, 0.15) is 15.9 Å². The van der Waals surface area contributed by atoms with Gasteiger partial charge >= 0.3 is 11.6 Å². The van der Waals surface area contributed by atoms with Crippen molar-refractivity contribution in [3.63, 3.8) is 0 Å². The summed E-state index contributed by atoms with van der Waals surface area (Å²) in [7, 11) is 0. The number of benzene rings is 2. The van der Waals surface area contributed by atoms with Crippen molar-refractivity contribution in [3.8, 4) is 5.75 Å². The fourth-order valence-corrected chi connectivity index (χ4v) is 2.43. The number of aromatic hydroxyl groups is 1. The van der Waals surface area contributed by atoms with Gasteiger partial charge in [-0.2, -0.15) is 0 Å². The number of carboxylic acid groups (broad SMARTS) is 1. The van der Waals surface area contributed by atoms with Gasteiger partial charge in [0, 0.05) is 16.8 Å². The van der Waals surface area contributed by atoms with Crippen LogP contribution < -0.4 is 5.63 Å². The third-order valence-corrected chi connectivity index (χ3v) is 3.27. The lowest BCUT2D eigenvalue weighted by Crippen LogP contribution is -2.05. The van der Waals surface area contributed by atoms with Crippen LogP contribution in [0.4, 0.5) is 0 Å². The fourth-order valence-electron chi connectivity index (χ4n) is 2.43. The molecule has 1 heterocycles. The van der Waals surface area contributed by atoms with E-state index in [4.69, 9.17) is 4.42 Å². The lowest BCUT2D eigenvalue weighted by Gasteiger charge is -2.08. The van der Waals surface area contributed by atoms with E-state index in [2.05, 4.69) is 0 Å². The number of hydrogen-bond donors (Lipinski definition) is 2. The molecule has 20 heavy (non-hydrogen) atoms. The number of carboxylic acids is 1. The lowest BCUT2D eigenvalue weighted by atomic mass is 10.00. The van der Waals surface area contributed by atoms with Crippen molar-refractivity contribution in [1.29, 1.82) is 0 Å². The van der Waals surface area contributed by atoms with Crippen LogP contribution in [0.2, 0.25) is 0 Å². The van der Waals surface area contributed by atoms with Crippen molar-refractivity contribution < 1.29 is 19.4 Å². The van der Waals surface area contributed by atoms with E-state index in [0.717, 1.165) is 6.07 Å². The number of hydrogen-bond acceptors (Lipinski definition) is 4. The van der Waals surface area contributed by atoms with E-state index in [-0.39, 0.29) is 16.9 Å². The van der Waals surface area contributed by atoms with E-state index in [9.17, 15) is 19.8 Å². The minimum Gasteiger partial charge on any atom is -0.508 e. The molecule has 0 bridgehead atoms. The van der Waals surface area contributed by atoms with E-state index in [1.54, 1.807) is 25.1 Å². The maximum absolute atomic E-state index is 12.0. The molecule has 5 nitrogen and oxygen atoms in total. The second kappa shape index (κ2) is 4.09. The summed E-state index contributed by atoms with van der Waals surface area (Å²) in [4.78, 5) is 23.4. The minimum absolute atomic E-state index is 0.0606. The molecule has 0 spiro atoms. The van der Waals surface area contributed by atoms with Crippen molar-refractivity contribution in [3.05, 3.63) is 51.9 Å². The van der Waals surface area contributed by atoms with Crippen LogP contribution in [0.3, 0.4) is 0 Å². The minimum atomic E-state index is -1.19. The third kappa shape index (κ3) is 1.64. The van der Waals surface area contributed by atoms with Crippen molar-refractivity contribution in [2.24, 2.45) is 0 Å². The summed E-state index contributed by atoms with van der Waals surface area (Å²) < 4.78 is 5.15. The third-order valence-electron chi connectivity index (χ3n) is 3.27. The molecule has 3 rings (SSSR count). The number of aromatic carboxylic acids is 1. The first-order chi connectivity index (χ1) is 9.49. The Morgan fingerprint density at radius 3 is 2.65 bits per heavy atom. The molecule has 0 aliphatic carbocycles. The van der Waals surface area contributed by atoms with Crippen LogP contribution in [0.5, 0.6) is 5.75 Å². The predicted octanol–water partition coefficient (Wildman–Crippen LogP) is 2.66. The molecule has 0 fully saturated rings. The van der Waals surface area contributed by atoms with Gasteiger partial charge in [-0.25, -0.2) is 9.59 Å². The Kier molecular flexibility index (Phi) is 2.50. The van der Waals surface area contributed by atoms with E-state index >= 15 is 0 Å². The van der Waals surface area contributed by atoms with Gasteiger partial charge in [-0.05, 0) is 18.6 Å². The monoisotopic (exact) mass is 270 g/mol. The molecule has 0 radical (unpaired) electrons.